The van der Waals surface area contributed by atoms with E-state index in [0.717, 1.165) is 38.4 Å². The largest absolute Gasteiger partial charge is 0.502 e. The number of benzene rings is 2. The Hall–Kier alpha value is -3.58. The maximum atomic E-state index is 15.3. The number of rotatable bonds is 9. The molecular formula is C29H32F2N4O3. The Balaban J connectivity index is 1.48. The number of halogens is 2. The molecular weight excluding hydrogens is 490 g/mol. The lowest BCUT2D eigenvalue weighted by atomic mass is 9.92. The van der Waals surface area contributed by atoms with E-state index in [-0.39, 0.29) is 18.7 Å². The molecule has 2 aromatic carbocycles. The summed E-state index contributed by atoms with van der Waals surface area (Å²) >= 11 is 0. The summed E-state index contributed by atoms with van der Waals surface area (Å²) in [5, 5.41) is 13.1. The van der Waals surface area contributed by atoms with Crippen molar-refractivity contribution in [2.75, 3.05) is 39.5 Å². The normalized spacial score (nSPS) is 15.4. The van der Waals surface area contributed by atoms with Crippen LogP contribution in [0.3, 0.4) is 0 Å². The average molecular weight is 523 g/mol. The fourth-order valence-electron chi connectivity index (χ4n) is 4.29. The number of hydrogen-bond donors (Lipinski definition) is 3. The Kier molecular flexibility index (Phi) is 9.60. The van der Waals surface area contributed by atoms with Gasteiger partial charge >= 0.3 is 0 Å². The fourth-order valence-corrected chi connectivity index (χ4v) is 4.29. The van der Waals surface area contributed by atoms with E-state index >= 15 is 4.39 Å². The summed E-state index contributed by atoms with van der Waals surface area (Å²) < 4.78 is 33.7. The van der Waals surface area contributed by atoms with Crippen LogP contribution in [0.15, 0.2) is 53.6 Å². The number of aromatic hydroxyl groups is 1. The van der Waals surface area contributed by atoms with E-state index in [2.05, 4.69) is 44.2 Å². The smallest absolute Gasteiger partial charge is 0.293 e. The highest BCUT2D eigenvalue weighted by molar-refractivity contribution is 5.45. The molecule has 1 aliphatic rings. The lowest BCUT2D eigenvalue weighted by molar-refractivity contribution is 0.0342. The summed E-state index contributed by atoms with van der Waals surface area (Å²) in [7, 11) is 0. The van der Waals surface area contributed by atoms with Crippen LogP contribution in [0.2, 0.25) is 0 Å². The maximum Gasteiger partial charge on any atom is 0.293 e. The van der Waals surface area contributed by atoms with Gasteiger partial charge in [0.2, 0.25) is 5.75 Å². The molecule has 0 amide bonds. The van der Waals surface area contributed by atoms with E-state index in [4.69, 9.17) is 4.74 Å². The van der Waals surface area contributed by atoms with Crippen LogP contribution in [-0.2, 0) is 17.7 Å². The fraction of sp³-hybridized carbons (Fsp3) is 0.379. The number of H-pyrrole nitrogens is 1. The highest BCUT2D eigenvalue weighted by atomic mass is 19.1. The second-order valence-corrected chi connectivity index (χ2v) is 9.46. The van der Waals surface area contributed by atoms with E-state index in [1.54, 1.807) is 19.1 Å². The number of nitrogens with zero attached hydrogens (tertiary/aromatic N) is 2. The molecule has 0 bridgehead atoms. The molecule has 1 aromatic heterocycles. The number of hydrogen-bond acceptors (Lipinski definition) is 6. The summed E-state index contributed by atoms with van der Waals surface area (Å²) in [4.78, 5) is 20.5. The summed E-state index contributed by atoms with van der Waals surface area (Å²) in [6, 6.07) is 12.3. The third kappa shape index (κ3) is 7.48. The van der Waals surface area contributed by atoms with Gasteiger partial charge in [0.15, 0.2) is 0 Å². The Labute approximate surface area is 220 Å². The van der Waals surface area contributed by atoms with Crippen molar-refractivity contribution in [3.8, 4) is 17.6 Å². The van der Waals surface area contributed by atoms with Crippen molar-refractivity contribution in [3.05, 3.63) is 92.9 Å². The van der Waals surface area contributed by atoms with Gasteiger partial charge in [0.05, 0.1) is 25.2 Å². The van der Waals surface area contributed by atoms with E-state index in [9.17, 15) is 14.3 Å². The number of morpholine rings is 1. The second-order valence-electron chi connectivity index (χ2n) is 9.46. The van der Waals surface area contributed by atoms with Gasteiger partial charge < -0.3 is 20.1 Å². The lowest BCUT2D eigenvalue weighted by Crippen LogP contribution is -2.35. The van der Waals surface area contributed by atoms with E-state index in [0.29, 0.717) is 11.1 Å². The minimum Gasteiger partial charge on any atom is -0.502 e. The molecule has 3 aromatic rings. The van der Waals surface area contributed by atoms with Crippen LogP contribution < -0.4 is 10.9 Å². The molecule has 9 heteroatoms. The first-order valence-corrected chi connectivity index (χ1v) is 12.7. The minimum absolute atomic E-state index is 0.0977. The van der Waals surface area contributed by atoms with E-state index in [1.165, 1.54) is 18.0 Å². The molecule has 1 saturated heterocycles. The number of nitrogens with one attached hydrogen (secondary N) is 2. The highest BCUT2D eigenvalue weighted by Gasteiger charge is 2.21. The number of aromatic nitrogens is 2. The number of aromatic amines is 1. The quantitative estimate of drug-likeness (QED) is 0.374. The summed E-state index contributed by atoms with van der Waals surface area (Å²) in [6.45, 7) is 5.59. The SMILES string of the molecule is CC(CF)NCC(Cc1nc[nH]c(=O)c1O)c1ccc(C#Cc2ccc(CN3CCOCC3)cc2)cc1F. The molecule has 7 nitrogen and oxygen atoms in total. The van der Waals surface area contributed by atoms with Crippen molar-refractivity contribution in [1.82, 2.24) is 20.2 Å². The average Bonchev–Trinajstić information content (AvgIpc) is 2.93. The topological polar surface area (TPSA) is 90.5 Å². The van der Waals surface area contributed by atoms with Crippen molar-refractivity contribution >= 4 is 0 Å². The van der Waals surface area contributed by atoms with Crippen LogP contribution in [0.5, 0.6) is 5.75 Å². The molecule has 2 atom stereocenters. The molecule has 0 saturated carbocycles. The van der Waals surface area contributed by atoms with Crippen LogP contribution in [0.4, 0.5) is 8.78 Å². The summed E-state index contributed by atoms with van der Waals surface area (Å²) in [5.74, 6) is 4.63. The van der Waals surface area contributed by atoms with Crippen molar-refractivity contribution < 1.29 is 18.6 Å². The van der Waals surface area contributed by atoms with Gasteiger partial charge in [-0.05, 0) is 42.3 Å². The predicted molar refractivity (Wildman–Crippen MR) is 141 cm³/mol. The van der Waals surface area contributed by atoms with Crippen LogP contribution in [0.1, 0.15) is 40.8 Å². The Morgan fingerprint density at radius 3 is 2.58 bits per heavy atom. The van der Waals surface area contributed by atoms with Crippen molar-refractivity contribution in [2.45, 2.75) is 31.8 Å². The van der Waals surface area contributed by atoms with E-state index < -0.39 is 35.8 Å². The van der Waals surface area contributed by atoms with Gasteiger partial charge in [0.25, 0.3) is 5.56 Å². The summed E-state index contributed by atoms with van der Waals surface area (Å²) in [6.07, 6.45) is 1.29. The van der Waals surface area contributed by atoms with Crippen LogP contribution in [0.25, 0.3) is 0 Å². The number of ether oxygens (including phenoxy) is 1. The van der Waals surface area contributed by atoms with Crippen LogP contribution >= 0.6 is 0 Å². The third-order valence-corrected chi connectivity index (χ3v) is 6.54. The van der Waals surface area contributed by atoms with Crippen molar-refractivity contribution in [3.63, 3.8) is 0 Å². The van der Waals surface area contributed by atoms with Gasteiger partial charge in [-0.1, -0.05) is 30.0 Å². The monoisotopic (exact) mass is 522 g/mol. The summed E-state index contributed by atoms with van der Waals surface area (Å²) in [5.41, 5.74) is 2.40. The Morgan fingerprint density at radius 1 is 1.16 bits per heavy atom. The molecule has 0 spiro atoms. The van der Waals surface area contributed by atoms with Gasteiger partial charge in [0, 0.05) is 55.7 Å². The minimum atomic E-state index is -0.668. The molecule has 2 unspecified atom stereocenters. The molecule has 200 valence electrons. The van der Waals surface area contributed by atoms with Gasteiger partial charge in [0.1, 0.15) is 12.5 Å². The van der Waals surface area contributed by atoms with Gasteiger partial charge in [-0.2, -0.15) is 0 Å². The molecule has 2 heterocycles. The standard InChI is InChI=1S/C29H32F2N4O3/c1-20(16-30)32-17-24(15-27-28(36)29(37)34-19-33-27)25-9-8-22(14-26(25)31)5-2-21-3-6-23(7-4-21)18-35-10-12-38-13-11-35/h3-4,6-9,14,19-20,24,32,36H,10-13,15-18H2,1H3,(H,33,34,37). The molecule has 1 fully saturated rings. The van der Waals surface area contributed by atoms with Crippen molar-refractivity contribution in [2.24, 2.45) is 0 Å². The molecule has 38 heavy (non-hydrogen) atoms. The first-order valence-electron chi connectivity index (χ1n) is 12.7. The van der Waals surface area contributed by atoms with E-state index in [1.807, 2.05) is 12.1 Å². The zero-order valence-electron chi connectivity index (χ0n) is 21.3. The van der Waals surface area contributed by atoms with Crippen LogP contribution in [-0.4, -0.2) is 65.5 Å². The van der Waals surface area contributed by atoms with Gasteiger partial charge in [-0.15, -0.1) is 0 Å². The molecule has 1 aliphatic heterocycles. The zero-order chi connectivity index (χ0) is 26.9. The lowest BCUT2D eigenvalue weighted by Gasteiger charge is -2.26. The number of alkyl halides is 1. The van der Waals surface area contributed by atoms with Crippen molar-refractivity contribution in [1.29, 1.82) is 0 Å². The molecule has 3 N–H and O–H groups in total. The Bertz CT molecular complexity index is 1330. The highest BCUT2D eigenvalue weighted by Crippen LogP contribution is 2.25. The predicted octanol–water partition coefficient (Wildman–Crippen LogP) is 3.12. The van der Waals surface area contributed by atoms with Gasteiger partial charge in [-0.3, -0.25) is 9.69 Å². The second kappa shape index (κ2) is 13.3. The zero-order valence-corrected chi connectivity index (χ0v) is 21.3. The Morgan fingerprint density at radius 2 is 1.87 bits per heavy atom. The first-order chi connectivity index (χ1) is 18.4. The van der Waals surface area contributed by atoms with Gasteiger partial charge in [-0.25, -0.2) is 13.8 Å². The molecule has 0 aliphatic carbocycles. The molecule has 4 rings (SSSR count). The maximum absolute atomic E-state index is 15.3. The van der Waals surface area contributed by atoms with Crippen LogP contribution in [0, 0.1) is 17.7 Å². The third-order valence-electron chi connectivity index (χ3n) is 6.54. The molecule has 0 radical (unpaired) electrons. The first kappa shape index (κ1) is 27.5.